The minimum Gasteiger partial charge on any atom is -0.350 e. The Labute approximate surface area is 172 Å². The van der Waals surface area contributed by atoms with Gasteiger partial charge in [0.1, 0.15) is 0 Å². The molecule has 0 saturated carbocycles. The summed E-state index contributed by atoms with van der Waals surface area (Å²) in [5.74, 6) is 0.910. The van der Waals surface area contributed by atoms with Crippen LogP contribution in [0.4, 0.5) is 11.6 Å². The summed E-state index contributed by atoms with van der Waals surface area (Å²) in [7, 11) is 1.79. The second-order valence-electron chi connectivity index (χ2n) is 6.97. The molecule has 0 atom stereocenters. The van der Waals surface area contributed by atoms with Crippen LogP contribution in [0.25, 0.3) is 22.3 Å². The number of aromatic amines is 1. The highest BCUT2D eigenvalue weighted by Crippen LogP contribution is 2.32. The summed E-state index contributed by atoms with van der Waals surface area (Å²) < 4.78 is 1.63. The molecule has 2 aromatic carbocycles. The molecule has 148 valence electrons. The summed E-state index contributed by atoms with van der Waals surface area (Å²) in [6, 6.07) is 11.0. The van der Waals surface area contributed by atoms with Crippen molar-refractivity contribution in [3.8, 4) is 11.4 Å². The molecule has 2 heterocycles. The number of halogens is 1. The van der Waals surface area contributed by atoms with Gasteiger partial charge in [-0.3, -0.25) is 9.89 Å². The molecule has 0 aliphatic heterocycles. The van der Waals surface area contributed by atoms with Gasteiger partial charge in [-0.05, 0) is 38.1 Å². The fraction of sp³-hybridized carbons (Fsp3) is 0.200. The lowest BCUT2D eigenvalue weighted by Gasteiger charge is -2.08. The number of hydrogen-bond acceptors (Lipinski definition) is 5. The number of carbonyl (C=O) groups is 1. The number of carbonyl (C=O) groups excluding carboxylic acids is 1. The van der Waals surface area contributed by atoms with Crippen LogP contribution < -0.4 is 10.6 Å². The maximum absolute atomic E-state index is 12.3. The number of aromatic nitrogens is 5. The number of rotatable bonds is 5. The zero-order valence-electron chi connectivity index (χ0n) is 16.2. The number of hydrogen-bond donors (Lipinski definition) is 3. The molecule has 0 aliphatic carbocycles. The van der Waals surface area contributed by atoms with E-state index in [1.54, 1.807) is 30.1 Å². The SMILES string of the molecule is CC(C)NC(=O)c1cccc(-c2nc(Nc3ccc4[nH]ncc4c3Cl)n(C)n2)c1. The molecule has 9 heteroatoms. The highest BCUT2D eigenvalue weighted by Gasteiger charge is 2.14. The minimum atomic E-state index is -0.128. The van der Waals surface area contributed by atoms with E-state index >= 15 is 0 Å². The van der Waals surface area contributed by atoms with Gasteiger partial charge in [-0.2, -0.15) is 10.1 Å². The summed E-state index contributed by atoms with van der Waals surface area (Å²) in [6.07, 6.45) is 1.68. The smallest absolute Gasteiger partial charge is 0.251 e. The average molecular weight is 410 g/mol. The molecule has 0 radical (unpaired) electrons. The van der Waals surface area contributed by atoms with E-state index in [9.17, 15) is 4.79 Å². The van der Waals surface area contributed by atoms with Crippen LogP contribution in [-0.4, -0.2) is 36.9 Å². The van der Waals surface area contributed by atoms with Crippen molar-refractivity contribution in [2.24, 2.45) is 7.05 Å². The normalized spacial score (nSPS) is 11.2. The second-order valence-corrected chi connectivity index (χ2v) is 7.35. The van der Waals surface area contributed by atoms with Crippen molar-refractivity contribution in [2.45, 2.75) is 19.9 Å². The molecule has 0 bridgehead atoms. The quantitative estimate of drug-likeness (QED) is 0.464. The van der Waals surface area contributed by atoms with Crippen LogP contribution in [-0.2, 0) is 7.05 Å². The molecule has 4 aromatic rings. The van der Waals surface area contributed by atoms with Gasteiger partial charge in [0.05, 0.1) is 22.4 Å². The summed E-state index contributed by atoms with van der Waals surface area (Å²) in [5, 5.41) is 18.8. The Morgan fingerprint density at radius 3 is 2.86 bits per heavy atom. The number of nitrogens with zero attached hydrogens (tertiary/aromatic N) is 4. The van der Waals surface area contributed by atoms with Crippen molar-refractivity contribution in [3.63, 3.8) is 0 Å². The topological polar surface area (TPSA) is 101 Å². The van der Waals surface area contributed by atoms with Gasteiger partial charge in [-0.15, -0.1) is 5.10 Å². The Morgan fingerprint density at radius 2 is 2.07 bits per heavy atom. The number of benzene rings is 2. The van der Waals surface area contributed by atoms with Gasteiger partial charge in [-0.1, -0.05) is 23.7 Å². The third-order valence-corrected chi connectivity index (χ3v) is 4.78. The lowest BCUT2D eigenvalue weighted by Crippen LogP contribution is -2.30. The van der Waals surface area contributed by atoms with Crippen molar-refractivity contribution in [1.82, 2.24) is 30.3 Å². The van der Waals surface area contributed by atoms with Gasteiger partial charge >= 0.3 is 0 Å². The highest BCUT2D eigenvalue weighted by molar-refractivity contribution is 6.38. The fourth-order valence-electron chi connectivity index (χ4n) is 2.96. The largest absolute Gasteiger partial charge is 0.350 e. The highest BCUT2D eigenvalue weighted by atomic mass is 35.5. The molecule has 1 amide bonds. The molecule has 0 fully saturated rings. The maximum Gasteiger partial charge on any atom is 0.251 e. The van der Waals surface area contributed by atoms with Gasteiger partial charge in [0.25, 0.3) is 5.91 Å². The molecular formula is C20H20ClN7O. The molecule has 8 nitrogen and oxygen atoms in total. The summed E-state index contributed by atoms with van der Waals surface area (Å²) >= 11 is 6.48. The van der Waals surface area contributed by atoms with E-state index in [1.807, 2.05) is 38.1 Å². The van der Waals surface area contributed by atoms with Gasteiger partial charge in [0.2, 0.25) is 5.95 Å². The fourth-order valence-corrected chi connectivity index (χ4v) is 3.22. The van der Waals surface area contributed by atoms with E-state index in [0.717, 1.165) is 16.5 Å². The van der Waals surface area contributed by atoms with Crippen molar-refractivity contribution in [3.05, 3.63) is 53.2 Å². The first-order valence-corrected chi connectivity index (χ1v) is 9.51. The second kappa shape index (κ2) is 7.56. The maximum atomic E-state index is 12.3. The third-order valence-electron chi connectivity index (χ3n) is 4.37. The Hall–Kier alpha value is -3.39. The Morgan fingerprint density at radius 1 is 1.24 bits per heavy atom. The van der Waals surface area contributed by atoms with Crippen LogP contribution in [0.2, 0.25) is 5.02 Å². The first-order valence-electron chi connectivity index (χ1n) is 9.13. The Kier molecular flexibility index (Phi) is 4.94. The molecule has 0 aliphatic rings. The summed E-state index contributed by atoms with van der Waals surface area (Å²) in [5.41, 5.74) is 2.87. The predicted molar refractivity (Wildman–Crippen MR) is 113 cm³/mol. The molecular weight excluding hydrogens is 390 g/mol. The van der Waals surface area contributed by atoms with Crippen LogP contribution in [0.1, 0.15) is 24.2 Å². The van der Waals surface area contributed by atoms with Gasteiger partial charge in [0.15, 0.2) is 5.82 Å². The van der Waals surface area contributed by atoms with Crippen LogP contribution >= 0.6 is 11.6 Å². The van der Waals surface area contributed by atoms with Crippen LogP contribution in [0.5, 0.6) is 0 Å². The standard InChI is InChI=1S/C20H20ClN7O/c1-11(2)23-19(29)13-6-4-5-12(9-13)18-25-20(28(3)27-18)24-16-8-7-15-14(17(16)21)10-22-26-15/h4-11H,1-3H3,(H,22,26)(H,23,29)(H,24,25,27). The molecule has 3 N–H and O–H groups in total. The zero-order chi connectivity index (χ0) is 20.5. The number of fused-ring (bicyclic) bond motifs is 1. The third kappa shape index (κ3) is 3.79. The van der Waals surface area contributed by atoms with E-state index in [4.69, 9.17) is 11.6 Å². The Balaban J connectivity index is 1.62. The number of H-pyrrole nitrogens is 1. The van der Waals surface area contributed by atoms with Gasteiger partial charge in [-0.25, -0.2) is 4.68 Å². The van der Waals surface area contributed by atoms with E-state index in [0.29, 0.717) is 28.0 Å². The van der Waals surface area contributed by atoms with Gasteiger partial charge in [0, 0.05) is 29.6 Å². The summed E-state index contributed by atoms with van der Waals surface area (Å²) in [6.45, 7) is 3.85. The Bertz CT molecular complexity index is 1190. The van der Waals surface area contributed by atoms with Gasteiger partial charge < -0.3 is 10.6 Å². The number of aryl methyl sites for hydroxylation is 1. The predicted octanol–water partition coefficient (Wildman–Crippen LogP) is 3.89. The van der Waals surface area contributed by atoms with Crippen LogP contribution in [0.3, 0.4) is 0 Å². The van der Waals surface area contributed by atoms with E-state index in [2.05, 4.69) is 30.9 Å². The van der Waals surface area contributed by atoms with E-state index < -0.39 is 0 Å². The van der Waals surface area contributed by atoms with Crippen molar-refractivity contribution < 1.29 is 4.79 Å². The molecule has 2 aromatic heterocycles. The van der Waals surface area contributed by atoms with E-state index in [-0.39, 0.29) is 11.9 Å². The molecule has 29 heavy (non-hydrogen) atoms. The molecule has 0 saturated heterocycles. The zero-order valence-corrected chi connectivity index (χ0v) is 16.9. The number of anilines is 2. The van der Waals surface area contributed by atoms with E-state index in [1.165, 1.54) is 0 Å². The lowest BCUT2D eigenvalue weighted by molar-refractivity contribution is 0.0943. The monoisotopic (exact) mass is 409 g/mol. The number of amides is 1. The first-order chi connectivity index (χ1) is 13.9. The molecule has 0 spiro atoms. The van der Waals surface area contributed by atoms with Crippen molar-refractivity contribution in [1.29, 1.82) is 0 Å². The first kappa shape index (κ1) is 18.9. The molecule has 4 rings (SSSR count). The lowest BCUT2D eigenvalue weighted by atomic mass is 10.1. The number of nitrogens with one attached hydrogen (secondary N) is 3. The van der Waals surface area contributed by atoms with Crippen LogP contribution in [0, 0.1) is 0 Å². The van der Waals surface area contributed by atoms with Crippen molar-refractivity contribution >= 4 is 40.0 Å². The average Bonchev–Trinajstić information content (AvgIpc) is 3.31. The molecule has 0 unspecified atom stereocenters. The summed E-state index contributed by atoms with van der Waals surface area (Å²) in [4.78, 5) is 16.9. The van der Waals surface area contributed by atoms with Crippen molar-refractivity contribution in [2.75, 3.05) is 5.32 Å². The minimum absolute atomic E-state index is 0.0623. The van der Waals surface area contributed by atoms with Crippen LogP contribution in [0.15, 0.2) is 42.6 Å².